The van der Waals surface area contributed by atoms with Crippen molar-refractivity contribution in [1.82, 2.24) is 97.2 Å². The molecule has 0 aromatic carbocycles. The number of aliphatic hydroxyl groups excluding tert-OH is 12. The number of carbonyl (C=O) groups is 7. The molecule has 0 saturated heterocycles. The molecule has 0 aliphatic carbocycles. The Morgan fingerprint density at radius 2 is 0.620 bits per heavy atom. The molecular formula is C79H141N19O25S6. The minimum Gasteiger partial charge on any atom is -0.462 e. The maximum Gasteiger partial charge on any atom is 0.320 e. The molecule has 50 heteroatoms. The Hall–Kier alpha value is -5.77. The van der Waals surface area contributed by atoms with E-state index in [1.54, 1.807) is 64.3 Å². The van der Waals surface area contributed by atoms with Crippen molar-refractivity contribution >= 4 is 112 Å². The minimum absolute atomic E-state index is 0.0141. The van der Waals surface area contributed by atoms with Gasteiger partial charge in [0.25, 0.3) is 0 Å². The average Bonchev–Trinajstić information content (AvgIpc) is 1.79. The van der Waals surface area contributed by atoms with Crippen LogP contribution in [0.4, 0.5) is 0 Å². The topological polar surface area (TPSA) is 625 Å². The third-order valence-electron chi connectivity index (χ3n) is 19.6. The van der Waals surface area contributed by atoms with Crippen LogP contribution >= 0.6 is 70.6 Å². The summed E-state index contributed by atoms with van der Waals surface area (Å²) in [6, 6.07) is 0. The van der Waals surface area contributed by atoms with Crippen LogP contribution in [0.1, 0.15) is 134 Å². The Morgan fingerprint density at radius 1 is 0.349 bits per heavy atom. The highest BCUT2D eigenvalue weighted by Crippen LogP contribution is 2.24. The van der Waals surface area contributed by atoms with Crippen molar-refractivity contribution in [1.29, 1.82) is 0 Å². The molecule has 4 rings (SSSR count). The average molecular weight is 1950 g/mol. The number of aromatic nitrogens is 12. The van der Waals surface area contributed by atoms with Gasteiger partial charge in [-0.1, -0.05) is 34.7 Å². The highest BCUT2D eigenvalue weighted by atomic mass is 32.2. The Kier molecular flexibility index (Phi) is 58.2. The molecule has 1 atom stereocenters. The molecule has 0 fully saturated rings. The monoisotopic (exact) mass is 1950 g/mol. The number of hydrogen-bond donors (Lipinski definition) is 19. The molecule has 129 heavy (non-hydrogen) atoms. The number of carbonyl (C=O) groups excluding carboxylic acids is 7. The number of nitrogens with one attached hydrogen (secondary N) is 7. The molecule has 19 N–H and O–H groups in total. The molecule has 4 aromatic heterocycles. The van der Waals surface area contributed by atoms with Crippen molar-refractivity contribution in [3.63, 3.8) is 0 Å². The second-order valence-corrected chi connectivity index (χ2v) is 39.8. The molecule has 0 saturated carbocycles. The highest BCUT2D eigenvalue weighted by Gasteiger charge is 2.37. The van der Waals surface area contributed by atoms with Gasteiger partial charge in [-0.05, 0) is 100 Å². The fourth-order valence-corrected chi connectivity index (χ4v) is 17.5. The first kappa shape index (κ1) is 116. The zero-order valence-corrected chi connectivity index (χ0v) is 79.8. The van der Waals surface area contributed by atoms with E-state index >= 15 is 0 Å². The smallest absolute Gasteiger partial charge is 0.320 e. The lowest BCUT2D eigenvalue weighted by Crippen LogP contribution is -2.57. The van der Waals surface area contributed by atoms with Crippen molar-refractivity contribution in [3.05, 3.63) is 47.6 Å². The second-order valence-electron chi connectivity index (χ2n) is 32.3. The van der Waals surface area contributed by atoms with Crippen molar-refractivity contribution in [2.24, 2.45) is 0 Å². The lowest BCUT2D eigenvalue weighted by molar-refractivity contribution is -0.152. The molecule has 5 amide bonds. The third kappa shape index (κ3) is 47.3. The van der Waals surface area contributed by atoms with Crippen LogP contribution in [0, 0.1) is 0 Å². The molecule has 4 heterocycles. The van der Waals surface area contributed by atoms with Crippen LogP contribution < -0.4 is 37.2 Å². The Bertz CT molecular complexity index is 3330. The van der Waals surface area contributed by atoms with E-state index in [-0.39, 0.29) is 109 Å². The van der Waals surface area contributed by atoms with Crippen molar-refractivity contribution in [2.75, 3.05) is 195 Å². The van der Waals surface area contributed by atoms with Crippen molar-refractivity contribution in [3.8, 4) is 0 Å². The maximum absolute atomic E-state index is 14.2. The Morgan fingerprint density at radius 3 is 0.884 bits per heavy atom. The van der Waals surface area contributed by atoms with Crippen LogP contribution in [0.25, 0.3) is 0 Å². The van der Waals surface area contributed by atoms with E-state index in [9.17, 15) is 94.8 Å². The summed E-state index contributed by atoms with van der Waals surface area (Å²) in [5.74, 6) is 3.81. The molecule has 0 aliphatic rings. The SMILES string of the molecule is CCCSCC(CCC(=O)NC(C)(COC(=O)CNC(C)(COCc1cn(CCCSCCC(=O)NC(CO)(CO)CO)nn1)COCc1cn(CCCSCCC(=O)NC(CO)(CO)CO)nn1)COC(=O)CNC(C)(COCc1cn(CCCSCCC(=O)NC(CO)(CO)CO)nn1)COCc1cn(CCCSCCC(=O)NC(CO)(CO)CO)nn1)SCCC. The van der Waals surface area contributed by atoms with E-state index in [1.807, 2.05) is 23.5 Å². The quantitative estimate of drug-likeness (QED) is 0.0152. The van der Waals surface area contributed by atoms with Gasteiger partial charge in [-0.15, -0.1) is 20.4 Å². The first-order valence-electron chi connectivity index (χ1n) is 43.1. The van der Waals surface area contributed by atoms with E-state index < -0.39 is 167 Å². The molecule has 0 radical (unpaired) electrons. The summed E-state index contributed by atoms with van der Waals surface area (Å²) in [4.78, 5) is 92.2. The van der Waals surface area contributed by atoms with Crippen LogP contribution in [0.15, 0.2) is 24.8 Å². The maximum atomic E-state index is 14.2. The molecule has 44 nitrogen and oxygen atoms in total. The summed E-state index contributed by atoms with van der Waals surface area (Å²) < 4.78 is 43.5. The van der Waals surface area contributed by atoms with Gasteiger partial charge in [-0.3, -0.25) is 62.9 Å². The van der Waals surface area contributed by atoms with Crippen molar-refractivity contribution < 1.29 is 123 Å². The Labute approximate surface area is 779 Å². The van der Waals surface area contributed by atoms with Gasteiger partial charge in [-0.2, -0.15) is 70.6 Å². The summed E-state index contributed by atoms with van der Waals surface area (Å²) in [6.45, 7) is 2.27. The summed E-state index contributed by atoms with van der Waals surface area (Å²) in [5.41, 5.74) is -7.62. The van der Waals surface area contributed by atoms with Crippen molar-refractivity contribution in [2.45, 2.75) is 208 Å². The normalized spacial score (nSPS) is 12.7. The number of aryl methyl sites for hydroxylation is 4. The number of hydrogen-bond acceptors (Lipinski definition) is 41. The first-order chi connectivity index (χ1) is 62.0. The predicted molar refractivity (Wildman–Crippen MR) is 488 cm³/mol. The molecule has 0 spiro atoms. The number of esters is 2. The van der Waals surface area contributed by atoms with Gasteiger partial charge in [0.2, 0.25) is 29.5 Å². The number of amides is 5. The van der Waals surface area contributed by atoms with Gasteiger partial charge < -0.3 is 116 Å². The molecule has 0 bridgehead atoms. The zero-order valence-electron chi connectivity index (χ0n) is 74.9. The number of ether oxygens (including phenoxy) is 6. The van der Waals surface area contributed by atoms with Crippen LogP contribution in [-0.4, -0.2) is 402 Å². The minimum atomic E-state index is -1.50. The summed E-state index contributed by atoms with van der Waals surface area (Å²) in [6.07, 6.45) is 12.8. The van der Waals surface area contributed by atoms with Crippen LogP contribution in [-0.2, 0) is 115 Å². The third-order valence-corrected chi connectivity index (χ3v) is 27.0. The zero-order chi connectivity index (χ0) is 94.7. The predicted octanol–water partition coefficient (Wildman–Crippen LogP) is -3.31. The van der Waals surface area contributed by atoms with E-state index in [0.717, 1.165) is 30.1 Å². The Balaban J connectivity index is 1.48. The standard InChI is InChI=1S/C79H141N19O25S6/c1-6-22-128-42-65(129-23-7-2)12-13-66(111)82-75(5,59-122-71(116)32-80-73(3,55-118-38-61-34-95(91-87-61)18-8-24-124-28-14-67(112)83-76(43-99,44-100)45-101)56-119-39-62-35-96(92-88-62)19-9-25-125-29-15-68(113)84-77(46-102,47-103)48-104)60-123-72(117)33-81-74(4,57-120-40-63-36-97(93-89-63)20-10-26-126-30-16-69(114)85-78(49-105,50-106)51-107)58-121-41-64-37-98(94-90-64)21-11-27-127-31-17-70(115)86-79(52-108,53-109)54-110/h34-37,65,80-81,99-110H,6-33,38-60H2,1-5H3,(H,82,111)(H,83,112)(H,84,113)(H,85,114)(H,86,115). The van der Waals surface area contributed by atoms with Gasteiger partial charge in [-0.25, -0.2) is 0 Å². The van der Waals surface area contributed by atoms with Gasteiger partial charge >= 0.3 is 11.9 Å². The fourth-order valence-electron chi connectivity index (χ4n) is 11.6. The van der Waals surface area contributed by atoms with E-state index in [0.29, 0.717) is 127 Å². The van der Waals surface area contributed by atoms with E-state index in [2.05, 4.69) is 92.3 Å². The summed E-state index contributed by atoms with van der Waals surface area (Å²) in [7, 11) is 0. The van der Waals surface area contributed by atoms with Gasteiger partial charge in [0, 0.05) is 92.3 Å². The van der Waals surface area contributed by atoms with Crippen LogP contribution in [0.5, 0.6) is 0 Å². The van der Waals surface area contributed by atoms with Crippen LogP contribution in [0.2, 0.25) is 0 Å². The fraction of sp³-hybridized carbons (Fsp3) is 0.810. The van der Waals surface area contributed by atoms with E-state index in [1.165, 1.54) is 47.0 Å². The lowest BCUT2D eigenvalue weighted by atomic mass is 10.0. The largest absolute Gasteiger partial charge is 0.462 e. The van der Waals surface area contributed by atoms with E-state index in [4.69, 9.17) is 28.4 Å². The van der Waals surface area contributed by atoms with Crippen LogP contribution in [0.3, 0.4) is 0 Å². The summed E-state index contributed by atoms with van der Waals surface area (Å²) in [5, 5.41) is 169. The number of nitrogens with zero attached hydrogens (tertiary/aromatic N) is 12. The van der Waals surface area contributed by atoms with Gasteiger partial charge in [0.1, 0.15) is 63.7 Å². The molecule has 0 aliphatic heterocycles. The second kappa shape index (κ2) is 65.0. The highest BCUT2D eigenvalue weighted by molar-refractivity contribution is 8.03. The summed E-state index contributed by atoms with van der Waals surface area (Å²) >= 11 is 9.75. The number of aliphatic hydroxyl groups is 12. The first-order valence-corrected chi connectivity index (χ1v) is 49.9. The lowest BCUT2D eigenvalue weighted by Gasteiger charge is -2.32. The van der Waals surface area contributed by atoms with Gasteiger partial charge in [0.05, 0.1) is 181 Å². The molecular weight excluding hydrogens is 1810 g/mol. The number of rotatable bonds is 81. The molecule has 4 aromatic rings. The van der Waals surface area contributed by atoms with Gasteiger partial charge in [0.15, 0.2) is 0 Å². The molecule has 738 valence electrons. The number of thioether (sulfide) groups is 6. The molecule has 1 unspecified atom stereocenters.